The molecule has 1 aromatic heterocycles. The second kappa shape index (κ2) is 10.8. The largest absolute Gasteiger partial charge is 0.493 e. The Bertz CT molecular complexity index is 325. The van der Waals surface area contributed by atoms with E-state index in [0.29, 0.717) is 0 Å². The van der Waals surface area contributed by atoms with Crippen molar-refractivity contribution < 1.29 is 4.74 Å². The van der Waals surface area contributed by atoms with Crippen molar-refractivity contribution >= 4 is 0 Å². The van der Waals surface area contributed by atoms with Gasteiger partial charge < -0.3 is 4.74 Å². The van der Waals surface area contributed by atoms with Gasteiger partial charge in [0.1, 0.15) is 5.75 Å². The number of unbranched alkanes of at least 4 members (excludes halogenated alkanes) is 6. The van der Waals surface area contributed by atoms with Gasteiger partial charge in [-0.25, -0.2) is 0 Å². The van der Waals surface area contributed by atoms with Crippen molar-refractivity contribution in [2.45, 2.75) is 71.6 Å². The Balaban J connectivity index is 2.23. The Kier molecular flexibility index (Phi) is 9.13. The van der Waals surface area contributed by atoms with E-state index in [1.807, 2.05) is 12.3 Å². The average Bonchev–Trinajstić information content (AvgIpc) is 2.44. The van der Waals surface area contributed by atoms with Crippen LogP contribution in [-0.2, 0) is 6.42 Å². The summed E-state index contributed by atoms with van der Waals surface area (Å²) in [6.07, 6.45) is 13.1. The Morgan fingerprint density at radius 3 is 2.42 bits per heavy atom. The van der Waals surface area contributed by atoms with Crippen molar-refractivity contribution in [1.82, 2.24) is 4.98 Å². The second-order valence-electron chi connectivity index (χ2n) is 5.20. The zero-order valence-electron chi connectivity index (χ0n) is 12.7. The molecular formula is C17H29NO. The van der Waals surface area contributed by atoms with E-state index in [9.17, 15) is 0 Å². The van der Waals surface area contributed by atoms with Crippen molar-refractivity contribution in [2.75, 3.05) is 6.61 Å². The monoisotopic (exact) mass is 263 g/mol. The van der Waals surface area contributed by atoms with Gasteiger partial charge in [-0.05, 0) is 25.3 Å². The number of rotatable bonds is 11. The van der Waals surface area contributed by atoms with Crippen molar-refractivity contribution in [3.63, 3.8) is 0 Å². The molecule has 0 aliphatic heterocycles. The molecule has 0 saturated carbocycles. The lowest BCUT2D eigenvalue weighted by Gasteiger charge is -2.07. The van der Waals surface area contributed by atoms with E-state index in [1.165, 1.54) is 50.6 Å². The van der Waals surface area contributed by atoms with Crippen LogP contribution in [0.1, 0.15) is 70.9 Å². The molecule has 0 radical (unpaired) electrons. The normalized spacial score (nSPS) is 10.6. The first-order chi connectivity index (χ1) is 9.36. The Hall–Kier alpha value is -1.05. The van der Waals surface area contributed by atoms with E-state index in [4.69, 9.17) is 4.74 Å². The minimum Gasteiger partial charge on any atom is -0.493 e. The van der Waals surface area contributed by atoms with Gasteiger partial charge in [0.15, 0.2) is 0 Å². The minimum absolute atomic E-state index is 0.833. The summed E-state index contributed by atoms with van der Waals surface area (Å²) in [4.78, 5) is 4.41. The zero-order chi connectivity index (χ0) is 13.8. The van der Waals surface area contributed by atoms with Crippen molar-refractivity contribution in [3.8, 4) is 5.75 Å². The molecule has 2 heteroatoms. The van der Waals surface area contributed by atoms with Crippen molar-refractivity contribution in [3.05, 3.63) is 24.0 Å². The summed E-state index contributed by atoms with van der Waals surface area (Å²) in [5.74, 6) is 0.983. The van der Waals surface area contributed by atoms with Crippen LogP contribution in [0.4, 0.5) is 0 Å². The van der Waals surface area contributed by atoms with Crippen LogP contribution < -0.4 is 4.74 Å². The van der Waals surface area contributed by atoms with Crippen molar-refractivity contribution in [2.24, 2.45) is 0 Å². The smallest absolute Gasteiger partial charge is 0.122 e. The van der Waals surface area contributed by atoms with Gasteiger partial charge in [-0.3, -0.25) is 4.98 Å². The molecule has 0 amide bonds. The number of nitrogens with zero attached hydrogens (tertiary/aromatic N) is 1. The molecule has 0 unspecified atom stereocenters. The van der Waals surface area contributed by atoms with Crippen LogP contribution in [0, 0.1) is 0 Å². The molecule has 0 aliphatic carbocycles. The Labute approximate surface area is 118 Å². The van der Waals surface area contributed by atoms with Crippen molar-refractivity contribution in [1.29, 1.82) is 0 Å². The molecule has 0 fully saturated rings. The summed E-state index contributed by atoms with van der Waals surface area (Å²) >= 11 is 0. The fourth-order valence-electron chi connectivity index (χ4n) is 2.13. The van der Waals surface area contributed by atoms with Gasteiger partial charge >= 0.3 is 0 Å². The highest BCUT2D eigenvalue weighted by molar-refractivity contribution is 5.22. The lowest BCUT2D eigenvalue weighted by atomic mass is 10.1. The first kappa shape index (κ1) is 16.0. The predicted octanol–water partition coefficient (Wildman–Crippen LogP) is 5.16. The third kappa shape index (κ3) is 7.86. The predicted molar refractivity (Wildman–Crippen MR) is 81.7 cm³/mol. The lowest BCUT2D eigenvalue weighted by molar-refractivity contribution is 0.304. The summed E-state index contributed by atoms with van der Waals surface area (Å²) in [7, 11) is 0. The quantitative estimate of drug-likeness (QED) is 0.514. The summed E-state index contributed by atoms with van der Waals surface area (Å²) in [6.45, 7) is 5.30. The maximum absolute atomic E-state index is 5.78. The van der Waals surface area contributed by atoms with Crippen LogP contribution in [-0.4, -0.2) is 11.6 Å². The number of hydrogen-bond donors (Lipinski definition) is 0. The SMILES string of the molecule is CCCCCCOc1ccnc(CCCCCC)c1. The minimum atomic E-state index is 0.833. The fourth-order valence-corrected chi connectivity index (χ4v) is 2.13. The molecule has 1 rings (SSSR count). The molecule has 0 N–H and O–H groups in total. The standard InChI is InChI=1S/C17H29NO/c1-3-5-7-9-11-16-15-17(12-13-18-16)19-14-10-8-6-4-2/h12-13,15H,3-11,14H2,1-2H3. The van der Waals surface area contributed by atoms with Gasteiger partial charge in [0.2, 0.25) is 0 Å². The highest BCUT2D eigenvalue weighted by atomic mass is 16.5. The van der Waals surface area contributed by atoms with E-state index in [2.05, 4.69) is 24.9 Å². The van der Waals surface area contributed by atoms with E-state index < -0.39 is 0 Å². The van der Waals surface area contributed by atoms with Crippen LogP contribution in [0.15, 0.2) is 18.3 Å². The number of hydrogen-bond acceptors (Lipinski definition) is 2. The fraction of sp³-hybridized carbons (Fsp3) is 0.706. The molecule has 0 saturated heterocycles. The molecule has 0 spiro atoms. The van der Waals surface area contributed by atoms with E-state index in [-0.39, 0.29) is 0 Å². The van der Waals surface area contributed by atoms with Gasteiger partial charge in [0.25, 0.3) is 0 Å². The van der Waals surface area contributed by atoms with Gasteiger partial charge in [0.05, 0.1) is 6.61 Å². The molecule has 19 heavy (non-hydrogen) atoms. The molecule has 1 aromatic rings. The molecule has 0 atom stereocenters. The molecule has 0 bridgehead atoms. The van der Waals surface area contributed by atoms with Gasteiger partial charge in [0, 0.05) is 18.0 Å². The number of pyridine rings is 1. The zero-order valence-corrected chi connectivity index (χ0v) is 12.7. The summed E-state index contributed by atoms with van der Waals surface area (Å²) < 4.78 is 5.78. The van der Waals surface area contributed by atoms with Gasteiger partial charge in [-0.15, -0.1) is 0 Å². The van der Waals surface area contributed by atoms with Crippen LogP contribution in [0.5, 0.6) is 5.75 Å². The lowest BCUT2D eigenvalue weighted by Crippen LogP contribution is -1.99. The number of aromatic nitrogens is 1. The van der Waals surface area contributed by atoms with Gasteiger partial charge in [-0.1, -0.05) is 52.4 Å². The van der Waals surface area contributed by atoms with E-state index >= 15 is 0 Å². The molecule has 108 valence electrons. The topological polar surface area (TPSA) is 22.1 Å². The maximum atomic E-state index is 5.78. The van der Waals surface area contributed by atoms with Crippen LogP contribution in [0.3, 0.4) is 0 Å². The number of aryl methyl sites for hydroxylation is 1. The summed E-state index contributed by atoms with van der Waals surface area (Å²) in [5, 5.41) is 0. The van der Waals surface area contributed by atoms with Gasteiger partial charge in [-0.2, -0.15) is 0 Å². The number of ether oxygens (including phenoxy) is 1. The average molecular weight is 263 g/mol. The summed E-state index contributed by atoms with van der Waals surface area (Å²) in [5.41, 5.74) is 1.17. The third-order valence-electron chi connectivity index (χ3n) is 3.34. The molecular weight excluding hydrogens is 234 g/mol. The molecule has 1 heterocycles. The van der Waals surface area contributed by atoms with Crippen LogP contribution >= 0.6 is 0 Å². The van der Waals surface area contributed by atoms with Crippen LogP contribution in [0.2, 0.25) is 0 Å². The highest BCUT2D eigenvalue weighted by Gasteiger charge is 1.99. The second-order valence-corrected chi connectivity index (χ2v) is 5.20. The van der Waals surface area contributed by atoms with E-state index in [1.54, 1.807) is 0 Å². The first-order valence-corrected chi connectivity index (χ1v) is 7.94. The molecule has 0 aromatic carbocycles. The highest BCUT2D eigenvalue weighted by Crippen LogP contribution is 2.14. The Morgan fingerprint density at radius 2 is 1.68 bits per heavy atom. The molecule has 0 aliphatic rings. The Morgan fingerprint density at radius 1 is 0.947 bits per heavy atom. The summed E-state index contributed by atoms with van der Waals surface area (Å²) in [6, 6.07) is 4.07. The first-order valence-electron chi connectivity index (χ1n) is 7.94. The van der Waals surface area contributed by atoms with Crippen LogP contribution in [0.25, 0.3) is 0 Å². The van der Waals surface area contributed by atoms with E-state index in [0.717, 1.165) is 25.2 Å². The third-order valence-corrected chi connectivity index (χ3v) is 3.34. The maximum Gasteiger partial charge on any atom is 0.122 e. The molecule has 2 nitrogen and oxygen atoms in total.